The van der Waals surface area contributed by atoms with E-state index in [1.54, 1.807) is 44.0 Å². The highest BCUT2D eigenvalue weighted by Crippen LogP contribution is 2.60. The fourth-order valence-electron chi connectivity index (χ4n) is 8.74. The van der Waals surface area contributed by atoms with E-state index in [0.29, 0.717) is 22.0 Å². The number of aromatic nitrogens is 4. The van der Waals surface area contributed by atoms with Gasteiger partial charge in [0.05, 0.1) is 22.5 Å². The molecule has 0 radical (unpaired) electrons. The highest BCUT2D eigenvalue weighted by atomic mass is 19.3. The van der Waals surface area contributed by atoms with Crippen molar-refractivity contribution in [3.63, 3.8) is 0 Å². The molecule has 2 bridgehead atoms. The van der Waals surface area contributed by atoms with E-state index in [2.05, 4.69) is 20.7 Å². The molecule has 284 valence electrons. The van der Waals surface area contributed by atoms with Crippen molar-refractivity contribution in [1.82, 2.24) is 29.5 Å². The second-order valence-corrected chi connectivity index (χ2v) is 15.5. The van der Waals surface area contributed by atoms with Crippen LogP contribution < -0.4 is 9.64 Å². The van der Waals surface area contributed by atoms with E-state index in [1.165, 1.54) is 24.3 Å². The van der Waals surface area contributed by atoms with Crippen LogP contribution in [0.25, 0.3) is 43.7 Å². The van der Waals surface area contributed by atoms with Crippen LogP contribution in [0.5, 0.6) is 11.8 Å². The number of hydrogen-bond donors (Lipinski definition) is 1. The van der Waals surface area contributed by atoms with E-state index in [0.717, 1.165) is 38.9 Å². The van der Waals surface area contributed by atoms with E-state index >= 15 is 8.78 Å². The number of aryl methyl sites for hydroxylation is 1. The number of rotatable bonds is 11. The van der Waals surface area contributed by atoms with E-state index in [-0.39, 0.29) is 82.6 Å². The van der Waals surface area contributed by atoms with Crippen molar-refractivity contribution in [3.05, 3.63) is 47.7 Å². The van der Waals surface area contributed by atoms with Crippen molar-refractivity contribution in [2.75, 3.05) is 58.9 Å². The van der Waals surface area contributed by atoms with Crippen molar-refractivity contribution in [1.29, 1.82) is 0 Å². The van der Waals surface area contributed by atoms with Gasteiger partial charge in [-0.25, -0.2) is 17.6 Å². The molecule has 3 aromatic carbocycles. The molecule has 2 saturated heterocycles. The first kappa shape index (κ1) is 36.3. The van der Waals surface area contributed by atoms with Crippen LogP contribution in [0.2, 0.25) is 0 Å². The Morgan fingerprint density at radius 3 is 2.46 bits per heavy atom. The minimum Gasteiger partial charge on any atom is -0.508 e. The lowest BCUT2D eigenvalue weighted by Gasteiger charge is -2.42. The van der Waals surface area contributed by atoms with Gasteiger partial charge in [-0.15, -0.1) is 6.42 Å². The Hall–Kier alpha value is -4.71. The summed E-state index contributed by atoms with van der Waals surface area (Å²) in [5, 5.41) is 17.1. The van der Waals surface area contributed by atoms with Gasteiger partial charge in [0, 0.05) is 81.4 Å². The molecule has 0 amide bonds. The molecule has 1 saturated carbocycles. The van der Waals surface area contributed by atoms with Crippen molar-refractivity contribution in [2.45, 2.75) is 56.7 Å². The number of phenols is 1. The van der Waals surface area contributed by atoms with E-state index in [4.69, 9.17) is 26.0 Å². The third-order valence-corrected chi connectivity index (χ3v) is 11.5. The van der Waals surface area contributed by atoms with Gasteiger partial charge >= 0.3 is 6.01 Å². The fourth-order valence-corrected chi connectivity index (χ4v) is 8.74. The Morgan fingerprint density at radius 1 is 1.09 bits per heavy atom. The second-order valence-electron chi connectivity index (χ2n) is 15.5. The van der Waals surface area contributed by atoms with Crippen LogP contribution in [-0.4, -0.2) is 113 Å². The minimum atomic E-state index is -2.94. The van der Waals surface area contributed by atoms with Crippen LogP contribution in [-0.2, 0) is 11.8 Å². The normalized spacial score (nSPS) is 22.8. The molecule has 2 aromatic heterocycles. The number of anilines is 1. The summed E-state index contributed by atoms with van der Waals surface area (Å²) in [6.07, 6.45) is 9.97. The number of benzene rings is 3. The van der Waals surface area contributed by atoms with Crippen LogP contribution in [0, 0.1) is 29.4 Å². The van der Waals surface area contributed by atoms with Crippen LogP contribution in [0.3, 0.4) is 0 Å². The third kappa shape index (κ3) is 5.97. The summed E-state index contributed by atoms with van der Waals surface area (Å²) in [6, 6.07) is 5.29. The standard InChI is InChI=1S/C40H43F4N7O3/c1-7-27-30(41)11-8-23-14-26(52)15-28(31(23)27)32-34(42)36-33(29-18-49(5)47-35(29)32)37(46-38(45-36)54-21-39(20-48(3)4)19-40(39,43)44)51-24-9-10-25(51)17-50(16-24)13-12-22(2)53-6/h1,8,11,14-15,18,22,24-25,52H,9-10,12-13,16-17,19-21H2,2-6H3/t22?,24-,25+,39-/m1/s1. The number of alkyl halides is 2. The number of hydrogen-bond acceptors (Lipinski definition) is 9. The molecule has 4 atom stereocenters. The summed E-state index contributed by atoms with van der Waals surface area (Å²) in [7, 11) is 6.87. The van der Waals surface area contributed by atoms with Gasteiger partial charge in [0.25, 0.3) is 5.92 Å². The van der Waals surface area contributed by atoms with Gasteiger partial charge in [-0.2, -0.15) is 15.1 Å². The number of methoxy groups -OCH3 is 1. The number of aromatic hydroxyl groups is 1. The lowest BCUT2D eigenvalue weighted by Crippen LogP contribution is -2.54. The van der Waals surface area contributed by atoms with Crippen LogP contribution in [0.15, 0.2) is 30.5 Å². The molecule has 8 rings (SSSR count). The van der Waals surface area contributed by atoms with Gasteiger partial charge in [-0.3, -0.25) is 9.58 Å². The largest absolute Gasteiger partial charge is 0.508 e. The third-order valence-electron chi connectivity index (χ3n) is 11.5. The molecule has 1 aliphatic carbocycles. The Labute approximate surface area is 310 Å². The maximum Gasteiger partial charge on any atom is 0.319 e. The second kappa shape index (κ2) is 13.2. The van der Waals surface area contributed by atoms with Crippen LogP contribution in [0.4, 0.5) is 23.4 Å². The molecular weight excluding hydrogens is 702 g/mol. The zero-order valence-corrected chi connectivity index (χ0v) is 31.0. The zero-order chi connectivity index (χ0) is 38.3. The average molecular weight is 746 g/mol. The molecule has 0 spiro atoms. The van der Waals surface area contributed by atoms with Crippen molar-refractivity contribution >= 4 is 38.4 Å². The van der Waals surface area contributed by atoms with Gasteiger partial charge in [0.15, 0.2) is 5.82 Å². The molecule has 2 aliphatic heterocycles. The van der Waals surface area contributed by atoms with E-state index in [9.17, 15) is 13.9 Å². The number of ether oxygens (including phenoxy) is 2. The predicted octanol–water partition coefficient (Wildman–Crippen LogP) is 6.35. The summed E-state index contributed by atoms with van der Waals surface area (Å²) in [6.45, 7) is 4.12. The number of fused-ring (bicyclic) bond motifs is 6. The molecule has 54 heavy (non-hydrogen) atoms. The summed E-state index contributed by atoms with van der Waals surface area (Å²) in [4.78, 5) is 15.9. The first-order chi connectivity index (χ1) is 25.7. The molecule has 3 aliphatic rings. The van der Waals surface area contributed by atoms with Crippen molar-refractivity contribution in [3.8, 4) is 35.2 Å². The van der Waals surface area contributed by atoms with Gasteiger partial charge in [-0.1, -0.05) is 12.0 Å². The monoisotopic (exact) mass is 745 g/mol. The predicted molar refractivity (Wildman–Crippen MR) is 199 cm³/mol. The average Bonchev–Trinajstić information content (AvgIpc) is 3.31. The lowest BCUT2D eigenvalue weighted by atomic mass is 9.91. The molecular formula is C40H43F4N7O3. The van der Waals surface area contributed by atoms with Crippen molar-refractivity contribution in [2.24, 2.45) is 12.5 Å². The Kier molecular flexibility index (Phi) is 8.90. The maximum atomic E-state index is 17.7. The molecule has 14 heteroatoms. The maximum absolute atomic E-state index is 17.7. The summed E-state index contributed by atoms with van der Waals surface area (Å²) in [5.74, 6) is -1.77. The molecule has 1 unspecified atom stereocenters. The van der Waals surface area contributed by atoms with Crippen molar-refractivity contribution < 1.29 is 32.1 Å². The lowest BCUT2D eigenvalue weighted by molar-refractivity contribution is 0.0288. The number of piperazine rings is 1. The summed E-state index contributed by atoms with van der Waals surface area (Å²) < 4.78 is 75.7. The van der Waals surface area contributed by atoms with Gasteiger partial charge in [0.1, 0.15) is 35.0 Å². The highest BCUT2D eigenvalue weighted by molar-refractivity contribution is 6.18. The molecule has 1 N–H and O–H groups in total. The number of likely N-dealkylation sites (tertiary alicyclic amines) is 1. The number of nitrogens with zero attached hydrogens (tertiary/aromatic N) is 7. The topological polar surface area (TPSA) is 92.0 Å². The quantitative estimate of drug-likeness (QED) is 0.123. The Morgan fingerprint density at radius 2 is 1.81 bits per heavy atom. The fraction of sp³-hybridized carbons (Fsp3) is 0.475. The van der Waals surface area contributed by atoms with Gasteiger partial charge < -0.3 is 24.4 Å². The van der Waals surface area contributed by atoms with Gasteiger partial charge in [0.2, 0.25) is 0 Å². The van der Waals surface area contributed by atoms with E-state index in [1.807, 2.05) is 6.92 Å². The molecule has 5 aromatic rings. The smallest absolute Gasteiger partial charge is 0.319 e. The van der Waals surface area contributed by atoms with Crippen LogP contribution in [0.1, 0.15) is 38.2 Å². The number of terminal acetylenes is 1. The molecule has 10 nitrogen and oxygen atoms in total. The van der Waals surface area contributed by atoms with Gasteiger partial charge in [-0.05, 0) is 69.4 Å². The zero-order valence-electron chi connectivity index (χ0n) is 31.0. The molecule has 4 heterocycles. The summed E-state index contributed by atoms with van der Waals surface area (Å²) >= 11 is 0. The Bertz CT molecular complexity index is 2330. The first-order valence-corrected chi connectivity index (χ1v) is 18.2. The minimum absolute atomic E-state index is 0.0334. The molecule has 3 fully saturated rings. The first-order valence-electron chi connectivity index (χ1n) is 18.2. The number of phenolic OH excluding ortho intramolecular Hbond substituents is 1. The number of halogens is 4. The summed E-state index contributed by atoms with van der Waals surface area (Å²) in [5.41, 5.74) is -1.32. The Balaban J connectivity index is 1.34. The SMILES string of the molecule is C#Cc1c(F)ccc2cc(O)cc(-c3c(F)c4nc(OC[C@]5(CN(C)C)CC5(F)F)nc(N5[C@@H]6CC[C@H]5CN(CCC(C)OC)C6)c4c4cn(C)nc34)c12. The van der Waals surface area contributed by atoms with E-state index < -0.39 is 23.0 Å². The van der Waals surface area contributed by atoms with Crippen LogP contribution >= 0.6 is 0 Å². The highest BCUT2D eigenvalue weighted by Gasteiger charge is 2.71.